The van der Waals surface area contributed by atoms with Crippen LogP contribution in [0.25, 0.3) is 0 Å². The fraction of sp³-hybridized carbons (Fsp3) is 0.308. The minimum absolute atomic E-state index is 0.310. The third-order valence-corrected chi connectivity index (χ3v) is 3.35. The molecular formula is C13H11F3O2. The highest BCUT2D eigenvalue weighted by molar-refractivity contribution is 6.02. The maximum atomic E-state index is 12.4. The predicted molar refractivity (Wildman–Crippen MR) is 58.9 cm³/mol. The largest absolute Gasteiger partial charge is 0.416 e. The van der Waals surface area contributed by atoms with Gasteiger partial charge in [-0.05, 0) is 30.7 Å². The smallest absolute Gasteiger partial charge is 0.388 e. The SMILES string of the molecule is CC1(c2ccc(C(F)(F)F)cc2)C(=O)C=CC1O. The standard InChI is InChI=1S/C13H11F3O2/c1-12(10(17)6-7-11(12)18)8-2-4-9(5-3-8)13(14,15)16/h2-7,10,17H,1H3. The molecule has 2 unspecified atom stereocenters. The third kappa shape index (κ3) is 1.84. The molecule has 0 bridgehead atoms. The number of carbonyl (C=O) groups excluding carboxylic acids is 1. The molecule has 18 heavy (non-hydrogen) atoms. The van der Waals surface area contributed by atoms with Crippen molar-refractivity contribution >= 4 is 5.78 Å². The lowest BCUT2D eigenvalue weighted by Gasteiger charge is -2.27. The molecule has 5 heteroatoms. The van der Waals surface area contributed by atoms with Crippen LogP contribution in [0.3, 0.4) is 0 Å². The zero-order valence-electron chi connectivity index (χ0n) is 9.53. The molecule has 0 fully saturated rings. The van der Waals surface area contributed by atoms with Crippen molar-refractivity contribution in [2.24, 2.45) is 0 Å². The van der Waals surface area contributed by atoms with Gasteiger partial charge in [-0.25, -0.2) is 0 Å². The zero-order chi connectivity index (χ0) is 13.6. The Morgan fingerprint density at radius 3 is 2.17 bits per heavy atom. The maximum Gasteiger partial charge on any atom is 0.416 e. The Labute approximate surface area is 102 Å². The van der Waals surface area contributed by atoms with Gasteiger partial charge in [0, 0.05) is 0 Å². The number of allylic oxidation sites excluding steroid dienone is 1. The summed E-state index contributed by atoms with van der Waals surface area (Å²) in [5.41, 5.74) is -1.59. The van der Waals surface area contributed by atoms with Crippen molar-refractivity contribution in [2.75, 3.05) is 0 Å². The van der Waals surface area contributed by atoms with Crippen LogP contribution in [0.15, 0.2) is 36.4 Å². The van der Waals surface area contributed by atoms with E-state index in [2.05, 4.69) is 0 Å². The van der Waals surface area contributed by atoms with Gasteiger partial charge >= 0.3 is 6.18 Å². The number of alkyl halides is 3. The quantitative estimate of drug-likeness (QED) is 0.838. The highest BCUT2D eigenvalue weighted by Gasteiger charge is 2.43. The van der Waals surface area contributed by atoms with Crippen molar-refractivity contribution in [2.45, 2.75) is 24.6 Å². The van der Waals surface area contributed by atoms with Gasteiger partial charge in [-0.2, -0.15) is 13.2 Å². The first-order valence-electron chi connectivity index (χ1n) is 5.34. The number of halogens is 3. The number of benzene rings is 1. The van der Waals surface area contributed by atoms with E-state index in [1.807, 2.05) is 0 Å². The summed E-state index contributed by atoms with van der Waals surface area (Å²) >= 11 is 0. The Hall–Kier alpha value is -1.62. The summed E-state index contributed by atoms with van der Waals surface area (Å²) < 4.78 is 37.3. The Kier molecular flexibility index (Phi) is 2.81. The van der Waals surface area contributed by atoms with Gasteiger partial charge in [0.2, 0.25) is 0 Å². The van der Waals surface area contributed by atoms with E-state index in [1.54, 1.807) is 0 Å². The van der Waals surface area contributed by atoms with E-state index < -0.39 is 23.3 Å². The number of carbonyl (C=O) groups is 1. The molecule has 1 aliphatic carbocycles. The average Bonchev–Trinajstić information content (AvgIpc) is 2.57. The van der Waals surface area contributed by atoms with Crippen LogP contribution >= 0.6 is 0 Å². The van der Waals surface area contributed by atoms with Crippen LogP contribution in [-0.2, 0) is 16.4 Å². The molecule has 1 aromatic carbocycles. The van der Waals surface area contributed by atoms with E-state index in [-0.39, 0.29) is 5.78 Å². The summed E-state index contributed by atoms with van der Waals surface area (Å²) in [6, 6.07) is 4.30. The summed E-state index contributed by atoms with van der Waals surface area (Å²) in [5.74, 6) is -0.310. The lowest BCUT2D eigenvalue weighted by molar-refractivity contribution is -0.137. The predicted octanol–water partition coefficient (Wildman–Crippen LogP) is 2.46. The molecule has 1 N–H and O–H groups in total. The van der Waals surface area contributed by atoms with Crippen molar-refractivity contribution in [3.63, 3.8) is 0 Å². The van der Waals surface area contributed by atoms with Crippen LogP contribution in [0.1, 0.15) is 18.1 Å². The van der Waals surface area contributed by atoms with E-state index in [4.69, 9.17) is 0 Å². The van der Waals surface area contributed by atoms with Gasteiger partial charge in [0.1, 0.15) is 0 Å². The van der Waals surface area contributed by atoms with Gasteiger partial charge in [0.25, 0.3) is 0 Å². The van der Waals surface area contributed by atoms with Crippen LogP contribution in [0.2, 0.25) is 0 Å². The van der Waals surface area contributed by atoms with E-state index in [1.165, 1.54) is 31.2 Å². The van der Waals surface area contributed by atoms with Gasteiger partial charge in [-0.15, -0.1) is 0 Å². The number of ketones is 1. The van der Waals surface area contributed by atoms with Crippen LogP contribution < -0.4 is 0 Å². The molecule has 0 aromatic heterocycles. The summed E-state index contributed by atoms with van der Waals surface area (Å²) in [7, 11) is 0. The first-order valence-corrected chi connectivity index (χ1v) is 5.34. The Balaban J connectivity index is 2.39. The lowest BCUT2D eigenvalue weighted by Crippen LogP contribution is -2.38. The van der Waals surface area contributed by atoms with Gasteiger partial charge in [-0.1, -0.05) is 18.2 Å². The van der Waals surface area contributed by atoms with Crippen molar-refractivity contribution in [3.05, 3.63) is 47.5 Å². The fourth-order valence-electron chi connectivity index (χ4n) is 2.01. The lowest BCUT2D eigenvalue weighted by atomic mass is 9.77. The van der Waals surface area contributed by atoms with Gasteiger partial charge in [0.15, 0.2) is 5.78 Å². The van der Waals surface area contributed by atoms with Gasteiger partial charge < -0.3 is 5.11 Å². The number of hydrogen-bond donors (Lipinski definition) is 1. The van der Waals surface area contributed by atoms with Crippen LogP contribution in [-0.4, -0.2) is 17.0 Å². The molecule has 96 valence electrons. The molecule has 0 heterocycles. The third-order valence-electron chi connectivity index (χ3n) is 3.35. The van der Waals surface area contributed by atoms with Crippen LogP contribution in [0, 0.1) is 0 Å². The first-order chi connectivity index (χ1) is 8.26. The van der Waals surface area contributed by atoms with Crippen molar-refractivity contribution in [3.8, 4) is 0 Å². The monoisotopic (exact) mass is 256 g/mol. The minimum atomic E-state index is -4.41. The van der Waals surface area contributed by atoms with E-state index in [0.717, 1.165) is 12.1 Å². The molecule has 0 spiro atoms. The Morgan fingerprint density at radius 1 is 1.22 bits per heavy atom. The summed E-state index contributed by atoms with van der Waals surface area (Å²) in [6.45, 7) is 1.52. The summed E-state index contributed by atoms with van der Waals surface area (Å²) in [6.07, 6.45) is -2.82. The minimum Gasteiger partial charge on any atom is -0.388 e. The number of aliphatic hydroxyl groups is 1. The van der Waals surface area contributed by atoms with Gasteiger partial charge in [0.05, 0.1) is 17.1 Å². The Bertz CT molecular complexity index is 502. The molecular weight excluding hydrogens is 245 g/mol. The molecule has 0 aliphatic heterocycles. The number of aliphatic hydroxyl groups excluding tert-OH is 1. The van der Waals surface area contributed by atoms with Crippen molar-refractivity contribution in [1.82, 2.24) is 0 Å². The highest BCUT2D eigenvalue weighted by Crippen LogP contribution is 2.36. The fourth-order valence-corrected chi connectivity index (χ4v) is 2.01. The second kappa shape index (κ2) is 3.95. The molecule has 0 amide bonds. The second-order valence-electron chi connectivity index (χ2n) is 4.45. The van der Waals surface area contributed by atoms with Gasteiger partial charge in [-0.3, -0.25) is 4.79 Å². The topological polar surface area (TPSA) is 37.3 Å². The molecule has 2 atom stereocenters. The van der Waals surface area contributed by atoms with Crippen LogP contribution in [0.4, 0.5) is 13.2 Å². The van der Waals surface area contributed by atoms with Crippen molar-refractivity contribution < 1.29 is 23.1 Å². The second-order valence-corrected chi connectivity index (χ2v) is 4.45. The average molecular weight is 256 g/mol. The van der Waals surface area contributed by atoms with E-state index in [0.29, 0.717) is 5.56 Å². The maximum absolute atomic E-state index is 12.4. The number of hydrogen-bond acceptors (Lipinski definition) is 2. The summed E-state index contributed by atoms with van der Waals surface area (Å²) in [4.78, 5) is 11.7. The van der Waals surface area contributed by atoms with Crippen molar-refractivity contribution in [1.29, 1.82) is 0 Å². The zero-order valence-corrected chi connectivity index (χ0v) is 9.53. The van der Waals surface area contributed by atoms with E-state index >= 15 is 0 Å². The molecule has 1 aliphatic rings. The molecule has 2 nitrogen and oxygen atoms in total. The molecule has 0 saturated heterocycles. The molecule has 0 radical (unpaired) electrons. The highest BCUT2D eigenvalue weighted by atomic mass is 19.4. The Morgan fingerprint density at radius 2 is 1.78 bits per heavy atom. The molecule has 0 saturated carbocycles. The molecule has 1 aromatic rings. The van der Waals surface area contributed by atoms with Crippen LogP contribution in [0.5, 0.6) is 0 Å². The summed E-state index contributed by atoms with van der Waals surface area (Å²) in [5, 5.41) is 9.77. The number of rotatable bonds is 1. The molecule has 2 rings (SSSR count). The first kappa shape index (κ1) is 12.8. The normalized spacial score (nSPS) is 27.8. The van der Waals surface area contributed by atoms with E-state index in [9.17, 15) is 23.1 Å².